The van der Waals surface area contributed by atoms with E-state index in [1.165, 1.54) is 22.3 Å². The van der Waals surface area contributed by atoms with E-state index in [1.54, 1.807) is 6.07 Å². The van der Waals surface area contributed by atoms with Crippen LogP contribution in [0.4, 0.5) is 0 Å². The van der Waals surface area contributed by atoms with Gasteiger partial charge in [-0.1, -0.05) is 43.3 Å². The molecule has 0 radical (unpaired) electrons. The minimum Gasteiger partial charge on any atom is -0.478 e. The summed E-state index contributed by atoms with van der Waals surface area (Å²) in [6, 6.07) is 13.9. The molecule has 21 heavy (non-hydrogen) atoms. The van der Waals surface area contributed by atoms with Crippen LogP contribution in [-0.4, -0.2) is 11.1 Å². The summed E-state index contributed by atoms with van der Waals surface area (Å²) < 4.78 is 0. The van der Waals surface area contributed by atoms with Gasteiger partial charge in [-0.05, 0) is 59.2 Å². The third-order valence-electron chi connectivity index (χ3n) is 4.10. The minimum absolute atomic E-state index is 0.357. The lowest BCUT2D eigenvalue weighted by Crippen LogP contribution is -2.06. The van der Waals surface area contributed by atoms with E-state index in [1.807, 2.05) is 18.2 Å². The third kappa shape index (κ3) is 2.49. The van der Waals surface area contributed by atoms with Crippen LogP contribution in [0.2, 0.25) is 0 Å². The Morgan fingerprint density at radius 1 is 1.14 bits per heavy atom. The molecule has 2 aromatic rings. The second-order valence-corrected chi connectivity index (χ2v) is 5.34. The molecule has 1 aliphatic carbocycles. The number of rotatable bonds is 3. The number of carboxylic acid groups (broad SMARTS) is 1. The molecule has 0 atom stereocenters. The Bertz CT molecular complexity index is 726. The number of hydrogen-bond donors (Lipinski definition) is 1. The van der Waals surface area contributed by atoms with Gasteiger partial charge in [-0.15, -0.1) is 0 Å². The molecule has 1 aliphatic rings. The summed E-state index contributed by atoms with van der Waals surface area (Å²) in [4.78, 5) is 11.2. The molecular weight excluding hydrogens is 260 g/mol. The van der Waals surface area contributed by atoms with Crippen molar-refractivity contribution in [2.75, 3.05) is 0 Å². The van der Waals surface area contributed by atoms with Crippen LogP contribution >= 0.6 is 0 Å². The van der Waals surface area contributed by atoms with Crippen molar-refractivity contribution < 1.29 is 9.90 Å². The van der Waals surface area contributed by atoms with Gasteiger partial charge in [0.15, 0.2) is 0 Å². The van der Waals surface area contributed by atoms with Gasteiger partial charge >= 0.3 is 5.97 Å². The van der Waals surface area contributed by atoms with Crippen molar-refractivity contribution in [3.8, 4) is 0 Å². The van der Waals surface area contributed by atoms with Gasteiger partial charge in [-0.25, -0.2) is 4.79 Å². The van der Waals surface area contributed by atoms with Crippen LogP contribution in [-0.2, 0) is 12.8 Å². The van der Waals surface area contributed by atoms with E-state index in [0.717, 1.165) is 24.8 Å². The van der Waals surface area contributed by atoms with Crippen molar-refractivity contribution in [1.29, 1.82) is 0 Å². The molecule has 0 heterocycles. The number of benzene rings is 2. The standard InChI is InChI=1S/C19H18O2/c1-2-13-6-3-4-8-16(13)17-9-5-7-14-10-11-15(19(20)21)12-18(14)17/h3-4,6,8-12H,2,5,7H2,1H3,(H,20,21). The zero-order chi connectivity index (χ0) is 14.8. The van der Waals surface area contributed by atoms with E-state index in [-0.39, 0.29) is 0 Å². The summed E-state index contributed by atoms with van der Waals surface area (Å²) in [5.41, 5.74) is 6.37. The molecule has 0 aliphatic heterocycles. The van der Waals surface area contributed by atoms with Crippen LogP contribution in [0.5, 0.6) is 0 Å². The average molecular weight is 278 g/mol. The second kappa shape index (κ2) is 5.57. The number of fused-ring (bicyclic) bond motifs is 1. The van der Waals surface area contributed by atoms with Crippen LogP contribution in [0.15, 0.2) is 48.5 Å². The number of aromatic carboxylic acids is 1. The Labute approximate surface area is 124 Å². The first-order valence-corrected chi connectivity index (χ1v) is 7.35. The molecule has 2 aromatic carbocycles. The minimum atomic E-state index is -0.869. The lowest BCUT2D eigenvalue weighted by atomic mass is 9.84. The Kier molecular flexibility index (Phi) is 3.61. The maximum Gasteiger partial charge on any atom is 0.335 e. The van der Waals surface area contributed by atoms with Crippen molar-refractivity contribution in [3.05, 3.63) is 76.4 Å². The lowest BCUT2D eigenvalue weighted by molar-refractivity contribution is 0.0697. The van der Waals surface area contributed by atoms with Gasteiger partial charge in [0.05, 0.1) is 5.56 Å². The van der Waals surface area contributed by atoms with Crippen molar-refractivity contribution in [2.24, 2.45) is 0 Å². The summed E-state index contributed by atoms with van der Waals surface area (Å²) in [7, 11) is 0. The predicted molar refractivity (Wildman–Crippen MR) is 84.6 cm³/mol. The van der Waals surface area contributed by atoms with E-state index in [4.69, 9.17) is 0 Å². The molecule has 0 amide bonds. The van der Waals surface area contributed by atoms with Crippen LogP contribution in [0.1, 0.15) is 46.0 Å². The Morgan fingerprint density at radius 3 is 2.71 bits per heavy atom. The van der Waals surface area contributed by atoms with E-state index in [2.05, 4.69) is 31.2 Å². The molecule has 0 unspecified atom stereocenters. The van der Waals surface area contributed by atoms with Crippen LogP contribution < -0.4 is 0 Å². The fraction of sp³-hybridized carbons (Fsp3) is 0.211. The van der Waals surface area contributed by atoms with Gasteiger partial charge in [-0.2, -0.15) is 0 Å². The number of hydrogen-bond acceptors (Lipinski definition) is 1. The van der Waals surface area contributed by atoms with Crippen LogP contribution in [0, 0.1) is 0 Å². The molecule has 1 N–H and O–H groups in total. The highest BCUT2D eigenvalue weighted by Gasteiger charge is 2.17. The fourth-order valence-electron chi connectivity index (χ4n) is 3.01. The summed E-state index contributed by atoms with van der Waals surface area (Å²) in [6.45, 7) is 2.15. The van der Waals surface area contributed by atoms with Gasteiger partial charge < -0.3 is 5.11 Å². The molecule has 3 rings (SSSR count). The van der Waals surface area contributed by atoms with E-state index in [9.17, 15) is 9.90 Å². The SMILES string of the molecule is CCc1ccccc1C1=CCCc2ccc(C(=O)O)cc21. The number of carbonyl (C=O) groups is 1. The fourth-order valence-corrected chi connectivity index (χ4v) is 3.01. The van der Waals surface area contributed by atoms with Gasteiger partial charge in [-0.3, -0.25) is 0 Å². The Morgan fingerprint density at radius 2 is 1.95 bits per heavy atom. The first-order valence-electron chi connectivity index (χ1n) is 7.35. The number of allylic oxidation sites excluding steroid dienone is 1. The highest BCUT2D eigenvalue weighted by atomic mass is 16.4. The molecule has 0 aromatic heterocycles. The Hall–Kier alpha value is -2.35. The first-order chi connectivity index (χ1) is 10.2. The second-order valence-electron chi connectivity index (χ2n) is 5.34. The molecule has 0 fully saturated rings. The van der Waals surface area contributed by atoms with Gasteiger partial charge in [0.2, 0.25) is 0 Å². The molecule has 0 bridgehead atoms. The number of carboxylic acids is 1. The summed E-state index contributed by atoms with van der Waals surface area (Å²) in [5.74, 6) is -0.869. The summed E-state index contributed by atoms with van der Waals surface area (Å²) >= 11 is 0. The first kappa shape index (κ1) is 13.6. The van der Waals surface area contributed by atoms with Crippen LogP contribution in [0.3, 0.4) is 0 Å². The quantitative estimate of drug-likeness (QED) is 0.907. The largest absolute Gasteiger partial charge is 0.478 e. The summed E-state index contributed by atoms with van der Waals surface area (Å²) in [6.07, 6.45) is 5.20. The van der Waals surface area contributed by atoms with Gasteiger partial charge in [0.25, 0.3) is 0 Å². The van der Waals surface area contributed by atoms with E-state index >= 15 is 0 Å². The zero-order valence-corrected chi connectivity index (χ0v) is 12.1. The highest BCUT2D eigenvalue weighted by molar-refractivity contribution is 5.91. The van der Waals surface area contributed by atoms with E-state index in [0.29, 0.717) is 5.56 Å². The van der Waals surface area contributed by atoms with Crippen molar-refractivity contribution in [2.45, 2.75) is 26.2 Å². The third-order valence-corrected chi connectivity index (χ3v) is 4.10. The molecule has 2 heteroatoms. The molecule has 0 spiro atoms. The number of aryl methyl sites for hydroxylation is 2. The lowest BCUT2D eigenvalue weighted by Gasteiger charge is -2.20. The normalized spacial score (nSPS) is 13.5. The zero-order valence-electron chi connectivity index (χ0n) is 12.1. The summed E-state index contributed by atoms with van der Waals surface area (Å²) in [5, 5.41) is 9.22. The Balaban J connectivity index is 2.16. The van der Waals surface area contributed by atoms with Gasteiger partial charge in [0.1, 0.15) is 0 Å². The van der Waals surface area contributed by atoms with Crippen LogP contribution in [0.25, 0.3) is 5.57 Å². The van der Waals surface area contributed by atoms with Crippen molar-refractivity contribution in [3.63, 3.8) is 0 Å². The van der Waals surface area contributed by atoms with E-state index < -0.39 is 5.97 Å². The predicted octanol–water partition coefficient (Wildman–Crippen LogP) is 4.33. The highest BCUT2D eigenvalue weighted by Crippen LogP contribution is 2.34. The smallest absolute Gasteiger partial charge is 0.335 e. The monoisotopic (exact) mass is 278 g/mol. The molecule has 0 saturated heterocycles. The maximum absolute atomic E-state index is 11.2. The van der Waals surface area contributed by atoms with Crippen molar-refractivity contribution >= 4 is 11.5 Å². The topological polar surface area (TPSA) is 37.3 Å². The van der Waals surface area contributed by atoms with Gasteiger partial charge in [0, 0.05) is 0 Å². The molecule has 106 valence electrons. The molecular formula is C19H18O2. The molecule has 0 saturated carbocycles. The maximum atomic E-state index is 11.2. The average Bonchev–Trinajstić information content (AvgIpc) is 2.53. The molecule has 2 nitrogen and oxygen atoms in total. The van der Waals surface area contributed by atoms with Crippen molar-refractivity contribution in [1.82, 2.24) is 0 Å².